The molecule has 164 valence electrons. The van der Waals surface area contributed by atoms with E-state index in [2.05, 4.69) is 14.8 Å². The van der Waals surface area contributed by atoms with Gasteiger partial charge in [-0.1, -0.05) is 11.6 Å². The second-order valence-electron chi connectivity index (χ2n) is 6.39. The molecule has 0 aliphatic carbocycles. The summed E-state index contributed by atoms with van der Waals surface area (Å²) in [6.07, 6.45) is -14.1. The van der Waals surface area contributed by atoms with E-state index in [1.165, 1.54) is 0 Å². The maximum atomic E-state index is 13.1. The highest BCUT2D eigenvalue weighted by Crippen LogP contribution is 2.38. The summed E-state index contributed by atoms with van der Waals surface area (Å²) in [7, 11) is 0. The van der Waals surface area contributed by atoms with Crippen LogP contribution in [0.2, 0.25) is 5.02 Å². The van der Waals surface area contributed by atoms with Gasteiger partial charge in [0.05, 0.1) is 28.7 Å². The van der Waals surface area contributed by atoms with Crippen LogP contribution in [0.4, 0.5) is 31.1 Å². The Morgan fingerprint density at radius 3 is 2.50 bits per heavy atom. The quantitative estimate of drug-likeness (QED) is 0.556. The molecular formula is C15H11ClF6N4O4. The van der Waals surface area contributed by atoms with E-state index in [1.54, 1.807) is 0 Å². The van der Waals surface area contributed by atoms with Gasteiger partial charge in [-0.25, -0.2) is 18.8 Å². The molecule has 15 heteroatoms. The van der Waals surface area contributed by atoms with Crippen molar-refractivity contribution in [2.45, 2.75) is 38.0 Å². The Morgan fingerprint density at radius 2 is 1.97 bits per heavy atom. The van der Waals surface area contributed by atoms with Crippen LogP contribution in [0.1, 0.15) is 29.7 Å². The second-order valence-corrected chi connectivity index (χ2v) is 6.80. The minimum Gasteiger partial charge on any atom is -0.450 e. The molecule has 0 spiro atoms. The van der Waals surface area contributed by atoms with Gasteiger partial charge in [-0.15, -0.1) is 0 Å². The summed E-state index contributed by atoms with van der Waals surface area (Å²) in [6, 6.07) is 0.584. The van der Waals surface area contributed by atoms with Gasteiger partial charge >= 0.3 is 24.2 Å². The summed E-state index contributed by atoms with van der Waals surface area (Å²) in [5.74, 6) is -2.39. The number of nitrogens with zero attached hydrogens (tertiary/aromatic N) is 4. The molecule has 0 fully saturated rings. The van der Waals surface area contributed by atoms with Crippen LogP contribution in [0.25, 0.3) is 0 Å². The highest BCUT2D eigenvalue weighted by molar-refractivity contribution is 6.31. The first-order valence-electron chi connectivity index (χ1n) is 8.13. The lowest BCUT2D eigenvalue weighted by atomic mass is 9.96. The van der Waals surface area contributed by atoms with Gasteiger partial charge in [-0.3, -0.25) is 4.98 Å². The van der Waals surface area contributed by atoms with Crippen LogP contribution in [-0.2, 0) is 23.9 Å². The molecule has 30 heavy (non-hydrogen) atoms. The van der Waals surface area contributed by atoms with Crippen molar-refractivity contribution in [2.24, 2.45) is 5.92 Å². The number of fused-ring (bicyclic) bond motifs is 1. The molecule has 0 saturated carbocycles. The molecule has 1 aliphatic rings. The lowest BCUT2D eigenvalue weighted by molar-refractivity contribution is -0.191. The standard InChI is InChI=1S/C15H11ClF6N4O4/c16-8-1-7(15(20,21)22)4-23-9(8)5-25-12(27)26-10(24-25)2-6(14(17,18)19)3-11(26)30-13(28)29/h1,4,6,11H,2-3,5H2,(H,28,29). The first kappa shape index (κ1) is 21.9. The van der Waals surface area contributed by atoms with Crippen LogP contribution in [-0.4, -0.2) is 36.8 Å². The third-order valence-electron chi connectivity index (χ3n) is 4.39. The lowest BCUT2D eigenvalue weighted by Gasteiger charge is -2.29. The number of carboxylic acid groups (broad SMARTS) is 1. The van der Waals surface area contributed by atoms with Crippen molar-refractivity contribution in [3.05, 3.63) is 44.9 Å². The minimum atomic E-state index is -4.70. The average Bonchev–Trinajstić information content (AvgIpc) is 2.90. The van der Waals surface area contributed by atoms with Crippen LogP contribution in [0.15, 0.2) is 17.1 Å². The van der Waals surface area contributed by atoms with Crippen molar-refractivity contribution in [3.8, 4) is 0 Å². The molecule has 2 aromatic rings. The molecule has 0 radical (unpaired) electrons. The number of halogens is 7. The largest absolute Gasteiger partial charge is 0.507 e. The Balaban J connectivity index is 1.97. The third-order valence-corrected chi connectivity index (χ3v) is 4.72. The van der Waals surface area contributed by atoms with Crippen molar-refractivity contribution < 1.29 is 41.0 Å². The van der Waals surface area contributed by atoms with Gasteiger partial charge < -0.3 is 9.84 Å². The van der Waals surface area contributed by atoms with Crippen LogP contribution < -0.4 is 5.69 Å². The Kier molecular flexibility index (Phi) is 5.47. The normalized spacial score (nSPS) is 19.4. The van der Waals surface area contributed by atoms with Crippen LogP contribution in [0, 0.1) is 5.92 Å². The number of carbonyl (C=O) groups is 1. The molecule has 8 nitrogen and oxygen atoms in total. The number of rotatable bonds is 3. The SMILES string of the molecule is O=C(O)OC1CC(C(F)(F)F)Cc2nn(Cc3ncc(C(F)(F)F)cc3Cl)c(=O)n21. The van der Waals surface area contributed by atoms with Crippen molar-refractivity contribution in [2.75, 3.05) is 0 Å². The topological polar surface area (TPSA) is 99.2 Å². The summed E-state index contributed by atoms with van der Waals surface area (Å²) >= 11 is 5.78. The zero-order valence-electron chi connectivity index (χ0n) is 14.5. The molecule has 0 amide bonds. The van der Waals surface area contributed by atoms with Gasteiger partial charge in [0.15, 0.2) is 6.23 Å². The molecular weight excluding hydrogens is 450 g/mol. The summed E-state index contributed by atoms with van der Waals surface area (Å²) in [5, 5.41) is 12.1. The third kappa shape index (κ3) is 4.37. The second kappa shape index (κ2) is 7.49. The van der Waals surface area contributed by atoms with Crippen molar-refractivity contribution >= 4 is 17.8 Å². The van der Waals surface area contributed by atoms with E-state index in [0.29, 0.717) is 21.5 Å². The number of hydrogen-bond donors (Lipinski definition) is 1. The molecule has 3 rings (SSSR count). The average molecular weight is 461 g/mol. The van der Waals surface area contributed by atoms with Crippen molar-refractivity contribution in [1.82, 2.24) is 19.3 Å². The smallest absolute Gasteiger partial charge is 0.450 e. The molecule has 2 aromatic heterocycles. The van der Waals surface area contributed by atoms with Crippen molar-refractivity contribution in [1.29, 1.82) is 0 Å². The van der Waals surface area contributed by atoms with E-state index in [4.69, 9.17) is 16.7 Å². The van der Waals surface area contributed by atoms with E-state index in [1.807, 2.05) is 0 Å². The predicted molar refractivity (Wildman–Crippen MR) is 85.9 cm³/mol. The predicted octanol–water partition coefficient (Wildman–Crippen LogP) is 3.48. The van der Waals surface area contributed by atoms with Crippen LogP contribution in [0.3, 0.4) is 0 Å². The Labute approximate surface area is 167 Å². The first-order chi connectivity index (χ1) is 13.8. The zero-order chi connectivity index (χ0) is 22.4. The summed E-state index contributed by atoms with van der Waals surface area (Å²) in [5.41, 5.74) is -2.34. The highest BCUT2D eigenvalue weighted by Gasteiger charge is 2.47. The maximum absolute atomic E-state index is 13.1. The van der Waals surface area contributed by atoms with Crippen molar-refractivity contribution in [3.63, 3.8) is 0 Å². The number of ether oxygens (including phenoxy) is 1. The molecule has 1 N–H and O–H groups in total. The molecule has 0 saturated heterocycles. The van der Waals surface area contributed by atoms with Gasteiger partial charge in [-0.05, 0) is 6.07 Å². The van der Waals surface area contributed by atoms with Gasteiger partial charge in [0.2, 0.25) is 0 Å². The molecule has 2 unspecified atom stereocenters. The number of hydrogen-bond acceptors (Lipinski definition) is 5. The van der Waals surface area contributed by atoms with Gasteiger partial charge in [-0.2, -0.15) is 31.4 Å². The van der Waals surface area contributed by atoms with Gasteiger partial charge in [0, 0.05) is 19.0 Å². The number of aromatic nitrogens is 4. The van der Waals surface area contributed by atoms with Gasteiger partial charge in [0.25, 0.3) is 0 Å². The molecule has 0 bridgehead atoms. The van der Waals surface area contributed by atoms with Crippen LogP contribution in [0.5, 0.6) is 0 Å². The van der Waals surface area contributed by atoms with E-state index in [9.17, 15) is 35.9 Å². The summed E-state index contributed by atoms with van der Waals surface area (Å²) in [4.78, 5) is 26.9. The minimum absolute atomic E-state index is 0.190. The molecule has 0 aromatic carbocycles. The Hall–Kier alpha value is -2.77. The fourth-order valence-electron chi connectivity index (χ4n) is 3.00. The Morgan fingerprint density at radius 1 is 1.30 bits per heavy atom. The highest BCUT2D eigenvalue weighted by atomic mass is 35.5. The van der Waals surface area contributed by atoms with Gasteiger partial charge in [0.1, 0.15) is 5.82 Å². The lowest BCUT2D eigenvalue weighted by Crippen LogP contribution is -2.39. The fraction of sp³-hybridized carbons (Fsp3) is 0.467. The maximum Gasteiger partial charge on any atom is 0.507 e. The van der Waals surface area contributed by atoms with E-state index in [-0.39, 0.29) is 11.5 Å². The number of pyridine rings is 1. The van der Waals surface area contributed by atoms with Crippen LogP contribution >= 0.6 is 11.6 Å². The number of alkyl halides is 6. The molecule has 3 heterocycles. The summed E-state index contributed by atoms with van der Waals surface area (Å²) < 4.78 is 83.3. The van der Waals surface area contributed by atoms with E-state index in [0.717, 1.165) is 0 Å². The molecule has 1 aliphatic heterocycles. The zero-order valence-corrected chi connectivity index (χ0v) is 15.3. The fourth-order valence-corrected chi connectivity index (χ4v) is 3.22. The summed E-state index contributed by atoms with van der Waals surface area (Å²) in [6.45, 7) is -0.549. The monoisotopic (exact) mass is 460 g/mol. The molecule has 2 atom stereocenters. The first-order valence-corrected chi connectivity index (χ1v) is 8.51. The Bertz CT molecular complexity index is 1030. The van der Waals surface area contributed by atoms with E-state index >= 15 is 0 Å². The van der Waals surface area contributed by atoms with E-state index < -0.39 is 66.3 Å².